The molecule has 0 fully saturated rings. The predicted octanol–water partition coefficient (Wildman–Crippen LogP) is 11.7. The molecule has 0 bridgehead atoms. The molecule has 42 heavy (non-hydrogen) atoms. The molecule has 1 aromatic heterocycles. The smallest absolute Gasteiger partial charge is 0.143 e. The largest absolute Gasteiger partial charge is 0.455 e. The minimum absolute atomic E-state index is 0.921. The molecule has 196 valence electrons. The van der Waals surface area contributed by atoms with Crippen LogP contribution in [0.5, 0.6) is 0 Å². The SMILES string of the molecule is c1ccc(N(c2ccc3c(ccc4c5ccccc5oc34)c2)c2cc3ccc4ccccc4c3c3ccccc23)cc1. The first-order chi connectivity index (χ1) is 20.8. The van der Waals surface area contributed by atoms with E-state index in [4.69, 9.17) is 4.42 Å². The van der Waals surface area contributed by atoms with Crippen LogP contribution in [0.3, 0.4) is 0 Å². The molecule has 0 saturated carbocycles. The molecule has 0 aliphatic heterocycles. The maximum Gasteiger partial charge on any atom is 0.143 e. The second-order valence-corrected chi connectivity index (χ2v) is 10.9. The van der Waals surface area contributed by atoms with Gasteiger partial charge in [0.1, 0.15) is 11.2 Å². The van der Waals surface area contributed by atoms with E-state index in [0.29, 0.717) is 0 Å². The second-order valence-electron chi connectivity index (χ2n) is 10.9. The number of anilines is 3. The fourth-order valence-corrected chi connectivity index (χ4v) is 6.69. The standard InChI is InChI=1S/C40H25NO/c1-2-11-29(12-3-1)41(30-21-23-32-27(24-30)20-22-36-34-15-8-9-17-38(34)42-40(32)36)37-25-28-19-18-26-10-4-5-13-31(26)39(28)35-16-7-6-14-33(35)37/h1-25H. The Labute approximate surface area is 242 Å². The predicted molar refractivity (Wildman–Crippen MR) is 178 cm³/mol. The van der Waals surface area contributed by atoms with Gasteiger partial charge < -0.3 is 9.32 Å². The number of benzene rings is 8. The summed E-state index contributed by atoms with van der Waals surface area (Å²) in [6, 6.07) is 54.4. The molecule has 0 amide bonds. The normalized spacial score (nSPS) is 11.8. The first-order valence-corrected chi connectivity index (χ1v) is 14.4. The van der Waals surface area contributed by atoms with Crippen molar-refractivity contribution in [1.82, 2.24) is 0 Å². The molecule has 0 radical (unpaired) electrons. The molecule has 0 unspecified atom stereocenters. The number of furan rings is 1. The van der Waals surface area contributed by atoms with E-state index in [9.17, 15) is 0 Å². The molecule has 8 aromatic carbocycles. The summed E-state index contributed by atoms with van der Waals surface area (Å²) in [5.74, 6) is 0. The van der Waals surface area contributed by atoms with Gasteiger partial charge in [-0.25, -0.2) is 0 Å². The summed E-state index contributed by atoms with van der Waals surface area (Å²) in [5.41, 5.74) is 5.24. The van der Waals surface area contributed by atoms with Crippen LogP contribution >= 0.6 is 0 Å². The monoisotopic (exact) mass is 535 g/mol. The van der Waals surface area contributed by atoms with Crippen LogP contribution in [0.2, 0.25) is 0 Å². The van der Waals surface area contributed by atoms with Crippen LogP contribution in [0.15, 0.2) is 156 Å². The average Bonchev–Trinajstić information content (AvgIpc) is 3.44. The van der Waals surface area contributed by atoms with E-state index in [2.05, 4.69) is 144 Å². The Morgan fingerprint density at radius 2 is 1.05 bits per heavy atom. The van der Waals surface area contributed by atoms with Crippen LogP contribution in [0.1, 0.15) is 0 Å². The van der Waals surface area contributed by atoms with Gasteiger partial charge in [0.25, 0.3) is 0 Å². The van der Waals surface area contributed by atoms with E-state index in [0.717, 1.165) is 49.8 Å². The Morgan fingerprint density at radius 1 is 0.381 bits per heavy atom. The summed E-state index contributed by atoms with van der Waals surface area (Å²) >= 11 is 0. The van der Waals surface area contributed by atoms with E-state index in [1.165, 1.54) is 32.3 Å². The van der Waals surface area contributed by atoms with Gasteiger partial charge in [0.2, 0.25) is 0 Å². The van der Waals surface area contributed by atoms with Crippen LogP contribution < -0.4 is 4.90 Å². The van der Waals surface area contributed by atoms with E-state index >= 15 is 0 Å². The average molecular weight is 536 g/mol. The maximum absolute atomic E-state index is 6.36. The van der Waals surface area contributed by atoms with E-state index < -0.39 is 0 Å². The Bertz CT molecular complexity index is 2470. The Hall–Kier alpha value is -5.60. The molecule has 9 aromatic rings. The molecule has 0 saturated heterocycles. The van der Waals surface area contributed by atoms with Gasteiger partial charge in [-0.2, -0.15) is 0 Å². The lowest BCUT2D eigenvalue weighted by Gasteiger charge is -2.28. The zero-order valence-electron chi connectivity index (χ0n) is 22.8. The fourth-order valence-electron chi connectivity index (χ4n) is 6.69. The van der Waals surface area contributed by atoms with Gasteiger partial charge >= 0.3 is 0 Å². The lowest BCUT2D eigenvalue weighted by molar-refractivity contribution is 0.672. The van der Waals surface area contributed by atoms with E-state index in [1.54, 1.807) is 0 Å². The van der Waals surface area contributed by atoms with Crippen molar-refractivity contribution in [1.29, 1.82) is 0 Å². The molecular weight excluding hydrogens is 510 g/mol. The third-order valence-corrected chi connectivity index (χ3v) is 8.58. The molecule has 9 rings (SSSR count). The van der Waals surface area contributed by atoms with Crippen LogP contribution in [-0.2, 0) is 0 Å². The van der Waals surface area contributed by atoms with Crippen molar-refractivity contribution in [3.8, 4) is 0 Å². The molecule has 0 aliphatic rings. The Kier molecular flexibility index (Phi) is 4.93. The molecule has 0 spiro atoms. The summed E-state index contributed by atoms with van der Waals surface area (Å²) in [4.78, 5) is 2.39. The molecule has 2 heteroatoms. The lowest BCUT2D eigenvalue weighted by Crippen LogP contribution is -2.10. The summed E-state index contributed by atoms with van der Waals surface area (Å²) in [7, 11) is 0. The van der Waals surface area contributed by atoms with Crippen LogP contribution in [0.25, 0.3) is 65.0 Å². The highest BCUT2D eigenvalue weighted by molar-refractivity contribution is 6.24. The highest BCUT2D eigenvalue weighted by Gasteiger charge is 2.19. The van der Waals surface area contributed by atoms with E-state index in [-0.39, 0.29) is 0 Å². The first-order valence-electron chi connectivity index (χ1n) is 14.4. The van der Waals surface area contributed by atoms with Crippen molar-refractivity contribution in [2.45, 2.75) is 0 Å². The van der Waals surface area contributed by atoms with Crippen molar-refractivity contribution >= 4 is 82.1 Å². The van der Waals surface area contributed by atoms with Crippen molar-refractivity contribution in [3.05, 3.63) is 152 Å². The maximum atomic E-state index is 6.36. The molecule has 0 N–H and O–H groups in total. The lowest BCUT2D eigenvalue weighted by atomic mass is 9.94. The summed E-state index contributed by atoms with van der Waals surface area (Å²) in [6.07, 6.45) is 0. The van der Waals surface area contributed by atoms with Gasteiger partial charge in [0.15, 0.2) is 0 Å². The van der Waals surface area contributed by atoms with Gasteiger partial charge in [-0.15, -0.1) is 0 Å². The third kappa shape index (κ3) is 3.39. The molecular formula is C40H25NO. The van der Waals surface area contributed by atoms with Crippen molar-refractivity contribution in [3.63, 3.8) is 0 Å². The van der Waals surface area contributed by atoms with E-state index in [1.807, 2.05) is 12.1 Å². The summed E-state index contributed by atoms with van der Waals surface area (Å²) in [5, 5.41) is 12.1. The first kappa shape index (κ1) is 23.1. The van der Waals surface area contributed by atoms with Crippen LogP contribution in [-0.4, -0.2) is 0 Å². The number of fused-ring (bicyclic) bond motifs is 10. The number of rotatable bonds is 3. The van der Waals surface area contributed by atoms with Gasteiger partial charge in [-0.05, 0) is 80.8 Å². The zero-order chi connectivity index (χ0) is 27.6. The minimum atomic E-state index is 0.921. The van der Waals surface area contributed by atoms with Crippen molar-refractivity contribution in [2.24, 2.45) is 0 Å². The number of nitrogens with zero attached hydrogens (tertiary/aromatic N) is 1. The highest BCUT2D eigenvalue weighted by Crippen LogP contribution is 2.44. The topological polar surface area (TPSA) is 16.4 Å². The zero-order valence-corrected chi connectivity index (χ0v) is 22.8. The third-order valence-electron chi connectivity index (χ3n) is 8.58. The van der Waals surface area contributed by atoms with Gasteiger partial charge in [0, 0.05) is 32.9 Å². The molecule has 2 nitrogen and oxygen atoms in total. The minimum Gasteiger partial charge on any atom is -0.455 e. The summed E-state index contributed by atoms with van der Waals surface area (Å²) < 4.78 is 6.36. The second kappa shape index (κ2) is 8.95. The molecule has 0 atom stereocenters. The van der Waals surface area contributed by atoms with Crippen LogP contribution in [0, 0.1) is 0 Å². The number of para-hydroxylation sites is 2. The number of hydrogen-bond acceptors (Lipinski definition) is 2. The Morgan fingerprint density at radius 3 is 1.93 bits per heavy atom. The van der Waals surface area contributed by atoms with Gasteiger partial charge in [-0.3, -0.25) is 0 Å². The van der Waals surface area contributed by atoms with Gasteiger partial charge in [-0.1, -0.05) is 103 Å². The summed E-state index contributed by atoms with van der Waals surface area (Å²) in [6.45, 7) is 0. The van der Waals surface area contributed by atoms with Gasteiger partial charge in [0.05, 0.1) is 5.69 Å². The van der Waals surface area contributed by atoms with Crippen molar-refractivity contribution < 1.29 is 4.42 Å². The van der Waals surface area contributed by atoms with Crippen LogP contribution in [0.4, 0.5) is 17.1 Å². The Balaban J connectivity index is 1.33. The number of hydrogen-bond donors (Lipinski definition) is 0. The fraction of sp³-hybridized carbons (Fsp3) is 0. The molecule has 1 heterocycles. The highest BCUT2D eigenvalue weighted by atomic mass is 16.3. The quantitative estimate of drug-likeness (QED) is 0.209. The van der Waals surface area contributed by atoms with Crippen molar-refractivity contribution in [2.75, 3.05) is 4.90 Å². The molecule has 0 aliphatic carbocycles.